The lowest BCUT2D eigenvalue weighted by molar-refractivity contribution is -0.200. The zero-order chi connectivity index (χ0) is 26.4. The van der Waals surface area contributed by atoms with Crippen LogP contribution in [0, 0.1) is 12.3 Å². The molecule has 1 aromatic carbocycles. The summed E-state index contributed by atoms with van der Waals surface area (Å²) in [6.07, 6.45) is -4.11. The molecule has 7 rings (SSSR count). The van der Waals surface area contributed by atoms with Crippen molar-refractivity contribution in [2.45, 2.75) is 44.6 Å². The lowest BCUT2D eigenvalue weighted by atomic mass is 9.73. The van der Waals surface area contributed by atoms with E-state index in [4.69, 9.17) is 16.3 Å². The number of ether oxygens (including phenoxy) is 1. The van der Waals surface area contributed by atoms with E-state index in [0.29, 0.717) is 16.8 Å². The van der Waals surface area contributed by atoms with Gasteiger partial charge in [0.25, 0.3) is 0 Å². The maximum Gasteiger partial charge on any atom is 0.406 e. The third-order valence-electron chi connectivity index (χ3n) is 8.43. The number of aromatic nitrogens is 4. The van der Waals surface area contributed by atoms with Crippen LogP contribution < -0.4 is 14.5 Å². The highest BCUT2D eigenvalue weighted by Crippen LogP contribution is 2.55. The van der Waals surface area contributed by atoms with Gasteiger partial charge in [0.1, 0.15) is 5.54 Å². The molecule has 0 atom stereocenters. The van der Waals surface area contributed by atoms with Crippen molar-refractivity contribution < 1.29 is 17.9 Å². The van der Waals surface area contributed by atoms with Crippen LogP contribution in [-0.2, 0) is 13.1 Å². The summed E-state index contributed by atoms with van der Waals surface area (Å²) in [5, 5.41) is 9.36. The summed E-state index contributed by atoms with van der Waals surface area (Å²) in [4.78, 5) is 10.6. The fourth-order valence-corrected chi connectivity index (χ4v) is 6.52. The molecule has 0 N–H and O–H groups in total. The van der Waals surface area contributed by atoms with Crippen molar-refractivity contribution in [2.24, 2.45) is 5.41 Å². The van der Waals surface area contributed by atoms with E-state index in [-0.39, 0.29) is 31.3 Å². The number of hydrogen-bond acceptors (Lipinski definition) is 7. The second-order valence-electron chi connectivity index (χ2n) is 11.1. The number of benzene rings is 1. The van der Waals surface area contributed by atoms with Gasteiger partial charge >= 0.3 is 6.18 Å². The average Bonchev–Trinajstić information content (AvgIpc) is 3.57. The first-order chi connectivity index (χ1) is 18.1. The largest absolute Gasteiger partial charge is 0.493 e. The Hall–Kier alpha value is -3.05. The predicted molar refractivity (Wildman–Crippen MR) is 136 cm³/mol. The zero-order valence-electron chi connectivity index (χ0n) is 21.1. The van der Waals surface area contributed by atoms with Gasteiger partial charge in [0, 0.05) is 48.9 Å². The first kappa shape index (κ1) is 24.0. The summed E-state index contributed by atoms with van der Waals surface area (Å²) < 4.78 is 49.6. The Morgan fingerprint density at radius 3 is 2.39 bits per heavy atom. The quantitative estimate of drug-likeness (QED) is 0.482. The highest BCUT2D eigenvalue weighted by Gasteiger charge is 2.67. The highest BCUT2D eigenvalue weighted by molar-refractivity contribution is 6.30. The maximum absolute atomic E-state index is 14.1. The van der Waals surface area contributed by atoms with E-state index >= 15 is 0 Å². The van der Waals surface area contributed by atoms with Crippen LogP contribution in [0.4, 0.5) is 24.9 Å². The standard InChI is InChI=1S/C26H27ClF3N7O/c1-16-3-6-20(38-2)22(31-16)34-12-24(13-34)14-35(15-24)23-33-32-21-11-36(25(7-8-25)26(28,29)30)10-17-9-18(27)4-5-19(17)37(21)23/h3-6,9H,7-8,10-15H2,1-2H3. The Labute approximate surface area is 223 Å². The van der Waals surface area contributed by atoms with E-state index in [2.05, 4.69) is 25.0 Å². The number of hydrogen-bond donors (Lipinski definition) is 0. The highest BCUT2D eigenvalue weighted by atomic mass is 35.5. The van der Waals surface area contributed by atoms with E-state index in [0.717, 1.165) is 54.7 Å². The number of nitrogens with zero attached hydrogens (tertiary/aromatic N) is 7. The molecule has 0 bridgehead atoms. The third kappa shape index (κ3) is 3.51. The zero-order valence-corrected chi connectivity index (χ0v) is 21.9. The number of fused-ring (bicyclic) bond motifs is 3. The van der Waals surface area contributed by atoms with Crippen LogP contribution in [0.2, 0.25) is 5.02 Å². The summed E-state index contributed by atoms with van der Waals surface area (Å²) in [5.74, 6) is 2.80. The van der Waals surface area contributed by atoms with Crippen molar-refractivity contribution >= 4 is 23.4 Å². The average molecular weight is 546 g/mol. The Morgan fingerprint density at radius 2 is 1.71 bits per heavy atom. The molecule has 3 aromatic rings. The van der Waals surface area contributed by atoms with Crippen molar-refractivity contribution in [2.75, 3.05) is 43.1 Å². The Balaban J connectivity index is 1.15. The molecule has 0 amide bonds. The number of pyridine rings is 1. The van der Waals surface area contributed by atoms with Crippen molar-refractivity contribution in [3.63, 3.8) is 0 Å². The molecule has 2 saturated heterocycles. The summed E-state index contributed by atoms with van der Waals surface area (Å²) in [5.41, 5.74) is 0.769. The number of aryl methyl sites for hydroxylation is 1. The van der Waals surface area contributed by atoms with Crippen LogP contribution >= 0.6 is 11.6 Å². The first-order valence-corrected chi connectivity index (χ1v) is 13.1. The molecule has 200 valence electrons. The van der Waals surface area contributed by atoms with Gasteiger partial charge in [0.05, 0.1) is 19.3 Å². The number of rotatable bonds is 4. The van der Waals surface area contributed by atoms with E-state index in [9.17, 15) is 13.2 Å². The van der Waals surface area contributed by atoms with Crippen LogP contribution in [0.15, 0.2) is 30.3 Å². The monoisotopic (exact) mass is 545 g/mol. The molecule has 8 nitrogen and oxygen atoms in total. The van der Waals surface area contributed by atoms with E-state index < -0.39 is 11.7 Å². The molecule has 1 spiro atoms. The fraction of sp³-hybridized carbons (Fsp3) is 0.500. The Kier molecular flexibility index (Phi) is 5.05. The van der Waals surface area contributed by atoms with Gasteiger partial charge in [-0.2, -0.15) is 13.2 Å². The molecule has 0 unspecified atom stereocenters. The molecule has 12 heteroatoms. The van der Waals surface area contributed by atoms with Gasteiger partial charge < -0.3 is 14.5 Å². The van der Waals surface area contributed by atoms with Crippen LogP contribution in [0.5, 0.6) is 5.75 Å². The second-order valence-corrected chi connectivity index (χ2v) is 11.5. The molecule has 1 saturated carbocycles. The molecule has 5 heterocycles. The number of alkyl halides is 3. The molecule has 2 aromatic heterocycles. The minimum Gasteiger partial charge on any atom is -0.493 e. The molecule has 0 radical (unpaired) electrons. The molecule has 38 heavy (non-hydrogen) atoms. The lowest BCUT2D eigenvalue weighted by Crippen LogP contribution is -2.73. The van der Waals surface area contributed by atoms with Gasteiger partial charge in [0.15, 0.2) is 17.4 Å². The summed E-state index contributed by atoms with van der Waals surface area (Å²) in [7, 11) is 1.65. The van der Waals surface area contributed by atoms with Crippen molar-refractivity contribution in [3.05, 3.63) is 52.4 Å². The van der Waals surface area contributed by atoms with Gasteiger partial charge in [0.2, 0.25) is 5.95 Å². The smallest absolute Gasteiger partial charge is 0.406 e. The summed E-state index contributed by atoms with van der Waals surface area (Å²) >= 11 is 6.29. The molecular formula is C26H27ClF3N7O. The van der Waals surface area contributed by atoms with Crippen molar-refractivity contribution in [1.82, 2.24) is 24.6 Å². The number of halogens is 4. The molecule has 1 aliphatic carbocycles. The summed E-state index contributed by atoms with van der Waals surface area (Å²) in [6, 6.07) is 9.27. The van der Waals surface area contributed by atoms with E-state index in [1.165, 1.54) is 4.90 Å². The minimum absolute atomic E-state index is 0.0738. The molecule has 3 aliphatic heterocycles. The Bertz CT molecular complexity index is 1420. The Morgan fingerprint density at radius 1 is 0.974 bits per heavy atom. The predicted octanol–water partition coefficient (Wildman–Crippen LogP) is 4.37. The topological polar surface area (TPSA) is 62.6 Å². The first-order valence-electron chi connectivity index (χ1n) is 12.7. The van der Waals surface area contributed by atoms with E-state index in [1.54, 1.807) is 19.2 Å². The number of anilines is 2. The molecule has 4 aliphatic rings. The fourth-order valence-electron chi connectivity index (χ4n) is 6.33. The van der Waals surface area contributed by atoms with Gasteiger partial charge in [-0.1, -0.05) is 11.6 Å². The third-order valence-corrected chi connectivity index (χ3v) is 8.67. The van der Waals surface area contributed by atoms with Crippen LogP contribution in [0.3, 0.4) is 0 Å². The van der Waals surface area contributed by atoms with Crippen molar-refractivity contribution in [1.29, 1.82) is 0 Å². The number of methoxy groups -OCH3 is 1. The van der Waals surface area contributed by atoms with Crippen LogP contribution in [-0.4, -0.2) is 69.7 Å². The van der Waals surface area contributed by atoms with Gasteiger partial charge in [-0.15, -0.1) is 10.2 Å². The second kappa shape index (κ2) is 7.98. The van der Waals surface area contributed by atoms with Crippen LogP contribution in [0.1, 0.15) is 29.9 Å². The lowest BCUT2D eigenvalue weighted by Gasteiger charge is -2.60. The van der Waals surface area contributed by atoms with Gasteiger partial charge in [-0.25, -0.2) is 4.98 Å². The van der Waals surface area contributed by atoms with Gasteiger partial charge in [-0.3, -0.25) is 9.47 Å². The minimum atomic E-state index is -4.31. The van der Waals surface area contributed by atoms with E-state index in [1.807, 2.05) is 29.7 Å². The van der Waals surface area contributed by atoms with Gasteiger partial charge in [-0.05, 0) is 55.7 Å². The maximum atomic E-state index is 14.1. The summed E-state index contributed by atoms with van der Waals surface area (Å²) in [6.45, 7) is 5.47. The molecular weight excluding hydrogens is 519 g/mol. The van der Waals surface area contributed by atoms with Crippen LogP contribution in [0.25, 0.3) is 5.69 Å². The SMILES string of the molecule is COc1ccc(C)nc1N1CC2(C1)CN(c1nnc3n1-c1ccc(Cl)cc1CN(C1(C(F)(F)F)CC1)C3)C2. The van der Waals surface area contributed by atoms with Crippen molar-refractivity contribution in [3.8, 4) is 11.4 Å². The normalized spacial score (nSPS) is 21.3. The molecule has 3 fully saturated rings.